The molecule has 0 bridgehead atoms. The molecule has 0 unspecified atom stereocenters. The van der Waals surface area contributed by atoms with Gasteiger partial charge in [-0.05, 0) is 19.4 Å². The molecule has 0 aliphatic carbocycles. The van der Waals surface area contributed by atoms with Crippen molar-refractivity contribution in [1.82, 2.24) is 24.3 Å². The zero-order valence-corrected chi connectivity index (χ0v) is 15.6. The second-order valence-electron chi connectivity index (χ2n) is 7.27. The largest absolute Gasteiger partial charge is 0.368 e. The summed E-state index contributed by atoms with van der Waals surface area (Å²) < 4.78 is 1.81. The number of likely N-dealkylation sites (tertiary alicyclic amines) is 1. The fraction of sp³-hybridized carbons (Fsp3) is 0.722. The zero-order valence-electron chi connectivity index (χ0n) is 15.6. The van der Waals surface area contributed by atoms with Crippen LogP contribution in [0.25, 0.3) is 0 Å². The van der Waals surface area contributed by atoms with Gasteiger partial charge in [0.15, 0.2) is 0 Å². The van der Waals surface area contributed by atoms with Gasteiger partial charge in [-0.25, -0.2) is 4.98 Å². The highest BCUT2D eigenvalue weighted by Gasteiger charge is 2.29. The number of aromatic nitrogens is 2. The second-order valence-corrected chi connectivity index (χ2v) is 7.27. The van der Waals surface area contributed by atoms with E-state index in [1.54, 1.807) is 12.4 Å². The Morgan fingerprint density at radius 1 is 1.15 bits per heavy atom. The molecule has 2 fully saturated rings. The van der Waals surface area contributed by atoms with Crippen LogP contribution in [0.1, 0.15) is 31.5 Å². The van der Waals surface area contributed by atoms with E-state index in [2.05, 4.69) is 21.7 Å². The number of hydrogen-bond acceptors (Lipinski definition) is 5. The van der Waals surface area contributed by atoms with Crippen LogP contribution in [0.4, 0.5) is 0 Å². The number of imidazole rings is 1. The van der Waals surface area contributed by atoms with Gasteiger partial charge in [-0.15, -0.1) is 0 Å². The summed E-state index contributed by atoms with van der Waals surface area (Å²) in [6.07, 6.45) is 5.43. The topological polar surface area (TPSA) is 87.7 Å². The summed E-state index contributed by atoms with van der Waals surface area (Å²) in [5, 5.41) is 0. The number of carbonyl (C=O) groups is 2. The van der Waals surface area contributed by atoms with Gasteiger partial charge in [0.2, 0.25) is 11.8 Å². The van der Waals surface area contributed by atoms with Gasteiger partial charge < -0.3 is 20.1 Å². The lowest BCUT2D eigenvalue weighted by Crippen LogP contribution is -2.51. The van der Waals surface area contributed by atoms with E-state index in [0.717, 1.165) is 57.9 Å². The lowest BCUT2D eigenvalue weighted by Gasteiger charge is -2.37. The molecule has 2 saturated heterocycles. The molecule has 0 spiro atoms. The number of hydrogen-bond donors (Lipinski definition) is 1. The summed E-state index contributed by atoms with van der Waals surface area (Å²) in [5.74, 6) is 0.851. The van der Waals surface area contributed by atoms with E-state index in [0.29, 0.717) is 13.1 Å². The molecular weight excluding hydrogens is 332 g/mol. The van der Waals surface area contributed by atoms with Gasteiger partial charge in [0.1, 0.15) is 12.4 Å². The van der Waals surface area contributed by atoms with E-state index in [1.165, 1.54) is 0 Å². The van der Waals surface area contributed by atoms with Gasteiger partial charge in [-0.1, -0.05) is 6.92 Å². The van der Waals surface area contributed by atoms with Crippen molar-refractivity contribution in [3.63, 3.8) is 0 Å². The standard InChI is InChI=1S/C18H30N6O2/c1-2-21-8-10-22(11-9-21)14-17(26)23-6-3-4-15(12-23)18-20-5-7-24(18)13-16(19)25/h5,7,15H,2-4,6,8-14H2,1H3,(H2,19,25)/t15-/m1/s1. The average Bonchev–Trinajstić information content (AvgIpc) is 3.10. The Morgan fingerprint density at radius 3 is 2.58 bits per heavy atom. The molecule has 3 rings (SSSR count). The summed E-state index contributed by atoms with van der Waals surface area (Å²) in [7, 11) is 0. The molecule has 3 heterocycles. The predicted octanol–water partition coefficient (Wildman–Crippen LogP) is -0.288. The second kappa shape index (κ2) is 8.64. The van der Waals surface area contributed by atoms with Crippen molar-refractivity contribution in [2.24, 2.45) is 5.73 Å². The summed E-state index contributed by atoms with van der Waals surface area (Å²) in [6, 6.07) is 0. The molecule has 1 aromatic heterocycles. The van der Waals surface area contributed by atoms with E-state index in [9.17, 15) is 9.59 Å². The Labute approximate surface area is 154 Å². The first kappa shape index (κ1) is 18.8. The lowest BCUT2D eigenvalue weighted by molar-refractivity contribution is -0.134. The number of nitrogens with zero attached hydrogens (tertiary/aromatic N) is 5. The van der Waals surface area contributed by atoms with Crippen molar-refractivity contribution >= 4 is 11.8 Å². The smallest absolute Gasteiger partial charge is 0.237 e. The average molecular weight is 362 g/mol. The highest BCUT2D eigenvalue weighted by Crippen LogP contribution is 2.26. The number of carbonyl (C=O) groups excluding carboxylic acids is 2. The minimum Gasteiger partial charge on any atom is -0.368 e. The molecule has 0 radical (unpaired) electrons. The summed E-state index contributed by atoms with van der Waals surface area (Å²) in [4.78, 5) is 35.1. The van der Waals surface area contributed by atoms with Crippen LogP contribution >= 0.6 is 0 Å². The maximum absolute atomic E-state index is 12.8. The van der Waals surface area contributed by atoms with Gasteiger partial charge in [0.05, 0.1) is 6.54 Å². The quantitative estimate of drug-likeness (QED) is 0.751. The number of amides is 2. The van der Waals surface area contributed by atoms with E-state index in [-0.39, 0.29) is 24.3 Å². The molecule has 8 nitrogen and oxygen atoms in total. The summed E-state index contributed by atoms with van der Waals surface area (Å²) in [6.45, 7) is 9.36. The molecule has 2 N–H and O–H groups in total. The molecule has 26 heavy (non-hydrogen) atoms. The Hall–Kier alpha value is -1.93. The van der Waals surface area contributed by atoms with Crippen molar-refractivity contribution in [2.75, 3.05) is 52.4 Å². The first-order valence-electron chi connectivity index (χ1n) is 9.58. The minimum atomic E-state index is -0.376. The fourth-order valence-corrected chi connectivity index (χ4v) is 3.95. The predicted molar refractivity (Wildman–Crippen MR) is 98.5 cm³/mol. The van der Waals surface area contributed by atoms with E-state index in [4.69, 9.17) is 5.73 Å². The minimum absolute atomic E-state index is 0.140. The molecule has 2 amide bonds. The molecule has 144 valence electrons. The molecule has 1 aromatic rings. The van der Waals surface area contributed by atoms with Crippen LogP contribution in [0.2, 0.25) is 0 Å². The van der Waals surface area contributed by atoms with Crippen molar-refractivity contribution in [3.8, 4) is 0 Å². The van der Waals surface area contributed by atoms with Crippen LogP contribution in [-0.2, 0) is 16.1 Å². The van der Waals surface area contributed by atoms with Gasteiger partial charge in [0.25, 0.3) is 0 Å². The SMILES string of the molecule is CCN1CCN(CC(=O)N2CCC[C@@H](c3nccn3CC(N)=O)C2)CC1. The van der Waals surface area contributed by atoms with Gasteiger partial charge in [0, 0.05) is 57.6 Å². The van der Waals surface area contributed by atoms with E-state index < -0.39 is 0 Å². The number of nitrogens with two attached hydrogens (primary N) is 1. The van der Waals surface area contributed by atoms with Gasteiger partial charge in [-0.2, -0.15) is 0 Å². The van der Waals surface area contributed by atoms with Crippen LogP contribution in [0.5, 0.6) is 0 Å². The zero-order chi connectivity index (χ0) is 18.5. The van der Waals surface area contributed by atoms with Crippen molar-refractivity contribution in [3.05, 3.63) is 18.2 Å². The highest BCUT2D eigenvalue weighted by atomic mass is 16.2. The monoisotopic (exact) mass is 362 g/mol. The molecule has 8 heteroatoms. The molecular formula is C18H30N6O2. The first-order chi connectivity index (χ1) is 12.6. The summed E-state index contributed by atoms with van der Waals surface area (Å²) in [5.41, 5.74) is 5.32. The third-order valence-corrected chi connectivity index (χ3v) is 5.48. The Balaban J connectivity index is 1.56. The molecule has 2 aliphatic rings. The Kier molecular flexibility index (Phi) is 6.26. The molecule has 2 aliphatic heterocycles. The van der Waals surface area contributed by atoms with Crippen LogP contribution in [0, 0.1) is 0 Å². The van der Waals surface area contributed by atoms with Crippen LogP contribution in [0.3, 0.4) is 0 Å². The normalized spacial score (nSPS) is 22.5. The Morgan fingerprint density at radius 2 is 1.88 bits per heavy atom. The van der Waals surface area contributed by atoms with Crippen molar-refractivity contribution < 1.29 is 9.59 Å². The number of likely N-dealkylation sites (N-methyl/N-ethyl adjacent to an activating group) is 1. The Bertz CT molecular complexity index is 623. The maximum atomic E-state index is 12.8. The molecule has 1 atom stereocenters. The lowest BCUT2D eigenvalue weighted by atomic mass is 9.97. The fourth-order valence-electron chi connectivity index (χ4n) is 3.95. The highest BCUT2D eigenvalue weighted by molar-refractivity contribution is 5.78. The summed E-state index contributed by atoms with van der Waals surface area (Å²) >= 11 is 0. The van der Waals surface area contributed by atoms with Crippen LogP contribution < -0.4 is 5.73 Å². The van der Waals surface area contributed by atoms with Crippen LogP contribution in [-0.4, -0.2) is 88.4 Å². The third-order valence-electron chi connectivity index (χ3n) is 5.48. The third kappa shape index (κ3) is 4.62. The van der Waals surface area contributed by atoms with Crippen LogP contribution in [0.15, 0.2) is 12.4 Å². The molecule has 0 saturated carbocycles. The van der Waals surface area contributed by atoms with Gasteiger partial charge >= 0.3 is 0 Å². The van der Waals surface area contributed by atoms with Crippen molar-refractivity contribution in [2.45, 2.75) is 32.2 Å². The first-order valence-corrected chi connectivity index (χ1v) is 9.58. The van der Waals surface area contributed by atoms with Gasteiger partial charge in [-0.3, -0.25) is 14.5 Å². The number of primary amides is 1. The number of rotatable bonds is 6. The van der Waals surface area contributed by atoms with Crippen molar-refractivity contribution in [1.29, 1.82) is 0 Å². The number of piperidine rings is 1. The van der Waals surface area contributed by atoms with E-state index in [1.807, 2.05) is 9.47 Å². The molecule has 0 aromatic carbocycles. The number of piperazine rings is 1. The maximum Gasteiger partial charge on any atom is 0.237 e. The van der Waals surface area contributed by atoms with E-state index >= 15 is 0 Å².